The molecule has 0 aliphatic carbocycles. The van der Waals surface area contributed by atoms with Crippen molar-refractivity contribution < 1.29 is 19.0 Å². The number of nitrogens with one attached hydrogen (secondary N) is 1. The molecule has 0 bridgehead atoms. The molecule has 2 heterocycles. The Morgan fingerprint density at radius 2 is 1.88 bits per heavy atom. The third-order valence-corrected chi connectivity index (χ3v) is 5.82. The summed E-state index contributed by atoms with van der Waals surface area (Å²) < 4.78 is 16.0. The zero-order valence-corrected chi connectivity index (χ0v) is 18.5. The van der Waals surface area contributed by atoms with Gasteiger partial charge in [-0.2, -0.15) is 5.10 Å². The maximum absolute atomic E-state index is 12.1. The van der Waals surface area contributed by atoms with Gasteiger partial charge in [0.25, 0.3) is 5.91 Å². The van der Waals surface area contributed by atoms with Crippen molar-refractivity contribution in [1.82, 2.24) is 10.4 Å². The number of hydrogen-bond acceptors (Lipinski definition) is 8. The van der Waals surface area contributed by atoms with Gasteiger partial charge in [0.1, 0.15) is 11.5 Å². The van der Waals surface area contributed by atoms with Gasteiger partial charge in [0, 0.05) is 18.7 Å². The van der Waals surface area contributed by atoms with Gasteiger partial charge in [-0.15, -0.1) is 0 Å². The number of nitrogens with zero attached hydrogens (tertiary/aromatic N) is 3. The van der Waals surface area contributed by atoms with Crippen molar-refractivity contribution in [3.05, 3.63) is 59.5 Å². The van der Waals surface area contributed by atoms with E-state index >= 15 is 0 Å². The maximum Gasteiger partial charge on any atom is 0.277 e. The first-order valence-electron chi connectivity index (χ1n) is 10.2. The molecule has 1 fully saturated rings. The Morgan fingerprint density at radius 1 is 1.16 bits per heavy atom. The fraction of sp³-hybridized carbons (Fsp3) is 0.261. The molecule has 8 nitrogen and oxygen atoms in total. The van der Waals surface area contributed by atoms with E-state index in [1.165, 1.54) is 0 Å². The Hall–Kier alpha value is -3.43. The van der Waals surface area contributed by atoms with Crippen LogP contribution < -0.4 is 19.8 Å². The van der Waals surface area contributed by atoms with Crippen LogP contribution in [0.15, 0.2) is 59.7 Å². The van der Waals surface area contributed by atoms with Crippen LogP contribution in [0.25, 0.3) is 11.3 Å². The van der Waals surface area contributed by atoms with E-state index in [1.807, 2.05) is 30.3 Å². The molecule has 1 aliphatic heterocycles. The number of hydrogen-bond donors (Lipinski definition) is 1. The molecule has 3 aromatic rings. The summed E-state index contributed by atoms with van der Waals surface area (Å²) in [6.07, 6.45) is 1.63. The molecule has 32 heavy (non-hydrogen) atoms. The van der Waals surface area contributed by atoms with E-state index in [9.17, 15) is 4.79 Å². The van der Waals surface area contributed by atoms with Crippen LogP contribution in [0.2, 0.25) is 0 Å². The second-order valence-corrected chi connectivity index (χ2v) is 7.94. The van der Waals surface area contributed by atoms with Crippen molar-refractivity contribution in [3.63, 3.8) is 0 Å². The summed E-state index contributed by atoms with van der Waals surface area (Å²) >= 11 is 1.54. The average molecular weight is 453 g/mol. The van der Waals surface area contributed by atoms with E-state index in [4.69, 9.17) is 19.2 Å². The van der Waals surface area contributed by atoms with E-state index in [0.717, 1.165) is 40.1 Å². The third-order valence-electron chi connectivity index (χ3n) is 4.77. The Kier molecular flexibility index (Phi) is 7.31. The first kappa shape index (κ1) is 21.8. The van der Waals surface area contributed by atoms with Crippen LogP contribution in [0, 0.1) is 0 Å². The molecule has 1 aromatic heterocycles. The molecule has 0 radical (unpaired) electrons. The highest BCUT2D eigenvalue weighted by molar-refractivity contribution is 7.17. The molecule has 1 N–H and O–H groups in total. The molecule has 0 unspecified atom stereocenters. The molecule has 1 amide bonds. The standard InChI is InChI=1S/C23H24N4O4S/c1-29-18-7-9-19(10-8-18)31-16-21(28)26-24-15-20-22(17-5-3-2-4-6-17)25-23(32-20)27-11-13-30-14-12-27/h2-10,15H,11-14,16H2,1H3,(H,26,28)/b24-15+. The summed E-state index contributed by atoms with van der Waals surface area (Å²) in [5, 5.41) is 5.05. The van der Waals surface area contributed by atoms with Crippen LogP contribution in [-0.2, 0) is 9.53 Å². The van der Waals surface area contributed by atoms with Crippen LogP contribution in [-0.4, -0.2) is 57.1 Å². The third kappa shape index (κ3) is 5.63. The summed E-state index contributed by atoms with van der Waals surface area (Å²) in [7, 11) is 1.59. The quantitative estimate of drug-likeness (QED) is 0.417. The number of benzene rings is 2. The van der Waals surface area contributed by atoms with Crippen molar-refractivity contribution in [3.8, 4) is 22.8 Å². The molecule has 1 aliphatic rings. The smallest absolute Gasteiger partial charge is 0.277 e. The number of carbonyl (C=O) groups excluding carboxylic acids is 1. The number of amides is 1. The van der Waals surface area contributed by atoms with Crippen molar-refractivity contribution in [2.75, 3.05) is 44.9 Å². The lowest BCUT2D eigenvalue weighted by Crippen LogP contribution is -2.36. The minimum absolute atomic E-state index is 0.142. The molecule has 0 saturated carbocycles. The van der Waals surface area contributed by atoms with Gasteiger partial charge >= 0.3 is 0 Å². The molecule has 166 valence electrons. The number of anilines is 1. The molecule has 9 heteroatoms. The summed E-state index contributed by atoms with van der Waals surface area (Å²) in [6, 6.07) is 17.0. The lowest BCUT2D eigenvalue weighted by atomic mass is 10.1. The van der Waals surface area contributed by atoms with Crippen molar-refractivity contribution in [2.45, 2.75) is 0 Å². The predicted molar refractivity (Wildman–Crippen MR) is 125 cm³/mol. The topological polar surface area (TPSA) is 85.3 Å². The molecule has 2 aromatic carbocycles. The zero-order chi connectivity index (χ0) is 22.2. The monoisotopic (exact) mass is 452 g/mol. The molecule has 1 saturated heterocycles. The van der Waals surface area contributed by atoms with Crippen LogP contribution >= 0.6 is 11.3 Å². The summed E-state index contributed by atoms with van der Waals surface area (Å²) in [4.78, 5) is 20.0. The van der Waals surface area contributed by atoms with Gasteiger partial charge in [-0.1, -0.05) is 41.7 Å². The van der Waals surface area contributed by atoms with Gasteiger partial charge in [0.05, 0.1) is 37.1 Å². The number of rotatable bonds is 8. The SMILES string of the molecule is COc1ccc(OCC(=O)N/N=C/c2sc(N3CCOCC3)nc2-c2ccccc2)cc1. The summed E-state index contributed by atoms with van der Waals surface area (Å²) in [5.41, 5.74) is 4.35. The van der Waals surface area contributed by atoms with Gasteiger partial charge in [-0.05, 0) is 24.3 Å². The number of ether oxygens (including phenoxy) is 3. The number of carbonyl (C=O) groups is 1. The Morgan fingerprint density at radius 3 is 2.59 bits per heavy atom. The second kappa shape index (κ2) is 10.7. The van der Waals surface area contributed by atoms with Crippen LogP contribution in [0.3, 0.4) is 0 Å². The van der Waals surface area contributed by atoms with E-state index in [2.05, 4.69) is 15.4 Å². The zero-order valence-electron chi connectivity index (χ0n) is 17.7. The van der Waals surface area contributed by atoms with Crippen molar-refractivity contribution >= 4 is 28.6 Å². The molecule has 4 rings (SSSR count). The Labute approximate surface area is 190 Å². The number of methoxy groups -OCH3 is 1. The van der Waals surface area contributed by atoms with Crippen molar-refractivity contribution in [2.24, 2.45) is 5.10 Å². The molecule has 0 atom stereocenters. The highest BCUT2D eigenvalue weighted by atomic mass is 32.1. The Balaban J connectivity index is 1.41. The van der Waals surface area contributed by atoms with E-state index in [1.54, 1.807) is 48.9 Å². The minimum Gasteiger partial charge on any atom is -0.497 e. The van der Waals surface area contributed by atoms with E-state index in [0.29, 0.717) is 19.0 Å². The summed E-state index contributed by atoms with van der Waals surface area (Å²) in [5.74, 6) is 0.951. The molecular weight excluding hydrogens is 428 g/mol. The minimum atomic E-state index is -0.351. The Bertz CT molecular complexity index is 1050. The maximum atomic E-state index is 12.1. The predicted octanol–water partition coefficient (Wildman–Crippen LogP) is 3.18. The van der Waals surface area contributed by atoms with Gasteiger partial charge < -0.3 is 19.1 Å². The average Bonchev–Trinajstić information content (AvgIpc) is 3.28. The highest BCUT2D eigenvalue weighted by Crippen LogP contribution is 2.32. The lowest BCUT2D eigenvalue weighted by Gasteiger charge is -2.26. The van der Waals surface area contributed by atoms with Crippen LogP contribution in [0.5, 0.6) is 11.5 Å². The number of thiazole rings is 1. The van der Waals surface area contributed by atoms with Crippen molar-refractivity contribution in [1.29, 1.82) is 0 Å². The van der Waals surface area contributed by atoms with Crippen LogP contribution in [0.1, 0.15) is 4.88 Å². The van der Waals surface area contributed by atoms with Crippen LogP contribution in [0.4, 0.5) is 5.13 Å². The van der Waals surface area contributed by atoms with E-state index < -0.39 is 0 Å². The van der Waals surface area contributed by atoms with Gasteiger partial charge in [-0.3, -0.25) is 4.79 Å². The normalized spacial score (nSPS) is 13.8. The van der Waals surface area contributed by atoms with Gasteiger partial charge in [-0.25, -0.2) is 10.4 Å². The number of hydrazone groups is 1. The fourth-order valence-electron chi connectivity index (χ4n) is 3.12. The van der Waals surface area contributed by atoms with Gasteiger partial charge in [0.15, 0.2) is 11.7 Å². The summed E-state index contributed by atoms with van der Waals surface area (Å²) in [6.45, 7) is 2.84. The van der Waals surface area contributed by atoms with Gasteiger partial charge in [0.2, 0.25) is 0 Å². The highest BCUT2D eigenvalue weighted by Gasteiger charge is 2.18. The molecule has 0 spiro atoms. The number of morpholine rings is 1. The molecular formula is C23H24N4O4S. The fourth-order valence-corrected chi connectivity index (χ4v) is 4.13. The second-order valence-electron chi connectivity index (χ2n) is 6.93. The number of aromatic nitrogens is 1. The first-order chi connectivity index (χ1) is 15.7. The largest absolute Gasteiger partial charge is 0.497 e. The first-order valence-corrected chi connectivity index (χ1v) is 11.0. The lowest BCUT2D eigenvalue weighted by molar-refractivity contribution is -0.123. The van der Waals surface area contributed by atoms with E-state index in [-0.39, 0.29) is 12.5 Å².